The molecule has 2 aromatic carbocycles. The highest BCUT2D eigenvalue weighted by Crippen LogP contribution is 2.28. The fourth-order valence-corrected chi connectivity index (χ4v) is 4.65. The number of hydrogen-bond acceptors (Lipinski definition) is 6. The first kappa shape index (κ1) is 22.2. The van der Waals surface area contributed by atoms with Gasteiger partial charge in [-0.3, -0.25) is 9.59 Å². The number of likely N-dealkylation sites (tertiary alicyclic amines) is 1. The zero-order valence-corrected chi connectivity index (χ0v) is 19.0. The number of ether oxygens (including phenoxy) is 1. The van der Waals surface area contributed by atoms with Crippen LogP contribution in [0.1, 0.15) is 29.8 Å². The van der Waals surface area contributed by atoms with Crippen LogP contribution in [0.4, 0.5) is 10.8 Å². The zero-order valence-electron chi connectivity index (χ0n) is 18.2. The molecule has 0 bridgehead atoms. The minimum atomic E-state index is -0.0776. The molecule has 2 heterocycles. The number of anilines is 2. The van der Waals surface area contributed by atoms with Gasteiger partial charge in [0.1, 0.15) is 5.69 Å². The summed E-state index contributed by atoms with van der Waals surface area (Å²) in [6, 6.07) is 14.2. The van der Waals surface area contributed by atoms with E-state index in [1.165, 1.54) is 11.3 Å². The van der Waals surface area contributed by atoms with Gasteiger partial charge in [-0.15, -0.1) is 11.3 Å². The average Bonchev–Trinajstić information content (AvgIpc) is 3.30. The molecule has 0 saturated carbocycles. The van der Waals surface area contributed by atoms with Gasteiger partial charge < -0.3 is 20.3 Å². The maximum atomic E-state index is 12.9. The number of amides is 2. The number of carbonyl (C=O) groups excluding carboxylic acids is 2. The van der Waals surface area contributed by atoms with Gasteiger partial charge in [0, 0.05) is 55.7 Å². The molecular weight excluding hydrogens is 424 g/mol. The highest BCUT2D eigenvalue weighted by molar-refractivity contribution is 7.14. The highest BCUT2D eigenvalue weighted by Gasteiger charge is 2.28. The molecule has 3 aromatic rings. The number of nitrogens with zero attached hydrogens (tertiary/aromatic N) is 2. The van der Waals surface area contributed by atoms with E-state index in [1.54, 1.807) is 17.4 Å². The summed E-state index contributed by atoms with van der Waals surface area (Å²) >= 11 is 1.42. The van der Waals surface area contributed by atoms with Crippen LogP contribution >= 0.6 is 11.3 Å². The zero-order chi connectivity index (χ0) is 22.3. The lowest BCUT2D eigenvalue weighted by atomic mass is 9.95. The Kier molecular flexibility index (Phi) is 7.34. The second-order valence-electron chi connectivity index (χ2n) is 7.89. The van der Waals surface area contributed by atoms with Crippen LogP contribution in [0.5, 0.6) is 0 Å². The van der Waals surface area contributed by atoms with Gasteiger partial charge in [-0.05, 0) is 30.7 Å². The topological polar surface area (TPSA) is 83.6 Å². The van der Waals surface area contributed by atoms with Crippen molar-refractivity contribution in [1.29, 1.82) is 0 Å². The molecule has 0 unspecified atom stereocenters. The highest BCUT2D eigenvalue weighted by atomic mass is 32.1. The van der Waals surface area contributed by atoms with Gasteiger partial charge in [0.05, 0.1) is 0 Å². The number of piperidine rings is 1. The van der Waals surface area contributed by atoms with E-state index in [4.69, 9.17) is 4.74 Å². The van der Waals surface area contributed by atoms with Gasteiger partial charge in [-0.2, -0.15) is 0 Å². The molecule has 1 aliphatic heterocycles. The lowest BCUT2D eigenvalue weighted by molar-refractivity contribution is -0.126. The first-order valence-corrected chi connectivity index (χ1v) is 11.8. The fraction of sp³-hybridized carbons (Fsp3) is 0.375. The van der Waals surface area contributed by atoms with Crippen molar-refractivity contribution >= 4 is 44.7 Å². The number of benzene rings is 2. The van der Waals surface area contributed by atoms with Gasteiger partial charge in [0.25, 0.3) is 5.91 Å². The summed E-state index contributed by atoms with van der Waals surface area (Å²) in [6.45, 7) is 2.40. The average molecular weight is 453 g/mol. The molecule has 168 valence electrons. The van der Waals surface area contributed by atoms with Crippen molar-refractivity contribution in [2.75, 3.05) is 38.7 Å². The van der Waals surface area contributed by atoms with Crippen LogP contribution in [-0.4, -0.2) is 55.0 Å². The third-order valence-corrected chi connectivity index (χ3v) is 6.49. The minimum Gasteiger partial charge on any atom is -0.385 e. The third-order valence-electron chi connectivity index (χ3n) is 5.73. The molecule has 2 N–H and O–H groups in total. The van der Waals surface area contributed by atoms with Gasteiger partial charge in [0.2, 0.25) is 5.91 Å². The summed E-state index contributed by atoms with van der Waals surface area (Å²) < 4.78 is 5.00. The van der Waals surface area contributed by atoms with Crippen molar-refractivity contribution in [3.05, 3.63) is 53.5 Å². The van der Waals surface area contributed by atoms with Crippen LogP contribution in [-0.2, 0) is 9.53 Å². The van der Waals surface area contributed by atoms with Crippen molar-refractivity contribution < 1.29 is 14.3 Å². The normalized spacial score (nSPS) is 14.5. The van der Waals surface area contributed by atoms with Gasteiger partial charge in [0.15, 0.2) is 5.13 Å². The number of nitrogens with one attached hydrogen (secondary N) is 2. The maximum absolute atomic E-state index is 12.9. The Balaban J connectivity index is 1.32. The quantitative estimate of drug-likeness (QED) is 0.504. The molecule has 0 aliphatic carbocycles. The fourth-order valence-electron chi connectivity index (χ4n) is 3.96. The Bertz CT molecular complexity index is 1070. The molecule has 8 heteroatoms. The molecule has 0 radical (unpaired) electrons. The Labute approximate surface area is 191 Å². The summed E-state index contributed by atoms with van der Waals surface area (Å²) in [7, 11) is 1.65. The van der Waals surface area contributed by atoms with E-state index in [2.05, 4.69) is 33.8 Å². The number of thiazole rings is 1. The van der Waals surface area contributed by atoms with E-state index in [9.17, 15) is 9.59 Å². The summed E-state index contributed by atoms with van der Waals surface area (Å²) in [5, 5.41) is 11.1. The van der Waals surface area contributed by atoms with Crippen molar-refractivity contribution in [2.45, 2.75) is 19.3 Å². The van der Waals surface area contributed by atoms with Crippen LogP contribution < -0.4 is 10.6 Å². The largest absolute Gasteiger partial charge is 0.385 e. The van der Waals surface area contributed by atoms with E-state index in [-0.39, 0.29) is 17.7 Å². The van der Waals surface area contributed by atoms with Crippen LogP contribution in [0.3, 0.4) is 0 Å². The lowest BCUT2D eigenvalue weighted by Crippen LogP contribution is -2.43. The van der Waals surface area contributed by atoms with E-state index < -0.39 is 0 Å². The monoisotopic (exact) mass is 452 g/mol. The van der Waals surface area contributed by atoms with Gasteiger partial charge >= 0.3 is 0 Å². The molecule has 1 saturated heterocycles. The Morgan fingerprint density at radius 1 is 1.16 bits per heavy atom. The third kappa shape index (κ3) is 5.26. The van der Waals surface area contributed by atoms with E-state index in [0.29, 0.717) is 49.9 Å². The van der Waals surface area contributed by atoms with Crippen LogP contribution in [0.2, 0.25) is 0 Å². The second-order valence-corrected chi connectivity index (χ2v) is 8.75. The molecule has 2 amide bonds. The number of carbonyl (C=O) groups is 2. The van der Waals surface area contributed by atoms with E-state index >= 15 is 0 Å². The Hall–Kier alpha value is -2.97. The smallest absolute Gasteiger partial charge is 0.273 e. The van der Waals surface area contributed by atoms with E-state index in [1.807, 2.05) is 24.3 Å². The van der Waals surface area contributed by atoms with Crippen molar-refractivity contribution in [3.8, 4) is 0 Å². The number of fused-ring (bicyclic) bond motifs is 1. The molecule has 32 heavy (non-hydrogen) atoms. The van der Waals surface area contributed by atoms with Gasteiger partial charge in [-0.1, -0.05) is 36.4 Å². The molecular formula is C24H28N4O3S. The summed E-state index contributed by atoms with van der Waals surface area (Å²) in [5.74, 6) is -0.0461. The molecule has 4 rings (SSSR count). The molecule has 0 spiro atoms. The Morgan fingerprint density at radius 2 is 1.94 bits per heavy atom. The van der Waals surface area contributed by atoms with Crippen molar-refractivity contribution in [3.63, 3.8) is 0 Å². The lowest BCUT2D eigenvalue weighted by Gasteiger charge is -2.30. The SMILES string of the molecule is COCCCNC(=O)C1CCN(C(=O)c2csc(Nc3cccc4ccccc34)n2)CC1. The minimum absolute atomic E-state index is 0.0411. The summed E-state index contributed by atoms with van der Waals surface area (Å²) in [4.78, 5) is 31.6. The van der Waals surface area contributed by atoms with Crippen molar-refractivity contribution in [1.82, 2.24) is 15.2 Å². The first-order valence-electron chi connectivity index (χ1n) is 10.9. The number of aromatic nitrogens is 1. The Morgan fingerprint density at radius 3 is 2.75 bits per heavy atom. The molecule has 7 nitrogen and oxygen atoms in total. The van der Waals surface area contributed by atoms with E-state index in [0.717, 1.165) is 22.9 Å². The number of hydrogen-bond donors (Lipinski definition) is 2. The van der Waals surface area contributed by atoms with Gasteiger partial charge in [-0.25, -0.2) is 4.98 Å². The molecule has 1 fully saturated rings. The summed E-state index contributed by atoms with van der Waals surface area (Å²) in [6.07, 6.45) is 2.15. The number of rotatable bonds is 8. The standard InChI is InChI=1S/C24H28N4O3S/c1-31-15-5-12-25-22(29)18-10-13-28(14-11-18)23(30)21-16-32-24(27-21)26-20-9-4-7-17-6-2-3-8-19(17)20/h2-4,6-9,16,18H,5,10-15H2,1H3,(H,25,29)(H,26,27). The predicted octanol–water partition coefficient (Wildman–Crippen LogP) is 4.04. The van der Waals surface area contributed by atoms with Crippen LogP contribution in [0.25, 0.3) is 10.8 Å². The number of methoxy groups -OCH3 is 1. The summed E-state index contributed by atoms with van der Waals surface area (Å²) in [5.41, 5.74) is 1.41. The van der Waals surface area contributed by atoms with Crippen LogP contribution in [0.15, 0.2) is 47.8 Å². The molecule has 0 atom stereocenters. The maximum Gasteiger partial charge on any atom is 0.273 e. The molecule has 1 aromatic heterocycles. The van der Waals surface area contributed by atoms with Crippen molar-refractivity contribution in [2.24, 2.45) is 5.92 Å². The van der Waals surface area contributed by atoms with Crippen LogP contribution in [0, 0.1) is 5.92 Å². The molecule has 1 aliphatic rings. The first-order chi connectivity index (χ1) is 15.7. The predicted molar refractivity (Wildman–Crippen MR) is 127 cm³/mol. The second kappa shape index (κ2) is 10.6.